The lowest BCUT2D eigenvalue weighted by atomic mass is 10.1. The van der Waals surface area contributed by atoms with Gasteiger partial charge in [0.25, 0.3) is 0 Å². The average molecular weight is 369 g/mol. The Morgan fingerprint density at radius 3 is 2.27 bits per heavy atom. The molecule has 0 radical (unpaired) electrons. The second kappa shape index (κ2) is 7.89. The lowest BCUT2D eigenvalue weighted by Gasteiger charge is -2.17. The summed E-state index contributed by atoms with van der Waals surface area (Å²) in [6, 6.07) is 20.0. The molecule has 0 aliphatic rings. The molecule has 3 aromatic carbocycles. The second-order valence-corrected chi connectivity index (χ2v) is 7.89. The van der Waals surface area contributed by atoms with Crippen LogP contribution < -0.4 is 9.46 Å². The Balaban J connectivity index is 1.99. The number of hydrogen-bond donors (Lipinski definition) is 1. The molecule has 0 amide bonds. The Kier molecular flexibility index (Phi) is 5.59. The van der Waals surface area contributed by atoms with Crippen molar-refractivity contribution in [3.8, 4) is 5.75 Å². The van der Waals surface area contributed by atoms with Gasteiger partial charge >= 0.3 is 0 Å². The predicted octanol–water partition coefficient (Wildman–Crippen LogP) is 4.67. The summed E-state index contributed by atoms with van der Waals surface area (Å²) in [5, 5.41) is 1.46. The molecule has 26 heavy (non-hydrogen) atoms. The van der Waals surface area contributed by atoms with E-state index in [1.807, 2.05) is 68.4 Å². The van der Waals surface area contributed by atoms with Crippen molar-refractivity contribution in [3.63, 3.8) is 0 Å². The van der Waals surface area contributed by atoms with Gasteiger partial charge in [-0.1, -0.05) is 61.5 Å². The fourth-order valence-electron chi connectivity index (χ4n) is 2.92. The average Bonchev–Trinajstić information content (AvgIpc) is 2.66. The van der Waals surface area contributed by atoms with Crippen molar-refractivity contribution in [2.45, 2.75) is 31.2 Å². The summed E-state index contributed by atoms with van der Waals surface area (Å²) in [7, 11) is -3.68. The third-order valence-electron chi connectivity index (χ3n) is 4.23. The maximum Gasteiger partial charge on any atom is 0.241 e. The fourth-order valence-corrected chi connectivity index (χ4v) is 4.37. The van der Waals surface area contributed by atoms with E-state index in [9.17, 15) is 8.42 Å². The van der Waals surface area contributed by atoms with Gasteiger partial charge in [0, 0.05) is 16.8 Å². The minimum atomic E-state index is -3.68. The van der Waals surface area contributed by atoms with Crippen LogP contribution in [0.1, 0.15) is 31.9 Å². The van der Waals surface area contributed by atoms with Crippen molar-refractivity contribution in [1.29, 1.82) is 0 Å². The Hall–Kier alpha value is -2.37. The number of rotatable bonds is 7. The molecule has 0 aromatic heterocycles. The van der Waals surface area contributed by atoms with E-state index in [2.05, 4.69) is 4.72 Å². The Labute approximate surface area is 154 Å². The second-order valence-electron chi connectivity index (χ2n) is 6.21. The van der Waals surface area contributed by atoms with Gasteiger partial charge in [-0.3, -0.25) is 0 Å². The van der Waals surface area contributed by atoms with E-state index in [0.29, 0.717) is 17.7 Å². The molecule has 0 bridgehead atoms. The van der Waals surface area contributed by atoms with E-state index in [1.54, 1.807) is 12.1 Å². The van der Waals surface area contributed by atoms with Crippen LogP contribution in [0.15, 0.2) is 71.6 Å². The molecule has 0 aliphatic heterocycles. The highest BCUT2D eigenvalue weighted by molar-refractivity contribution is 7.89. The van der Waals surface area contributed by atoms with Crippen molar-refractivity contribution in [1.82, 2.24) is 4.72 Å². The Morgan fingerprint density at radius 2 is 1.58 bits per heavy atom. The minimum Gasteiger partial charge on any atom is -0.493 e. The molecule has 4 nitrogen and oxygen atoms in total. The summed E-state index contributed by atoms with van der Waals surface area (Å²) in [4.78, 5) is 0.264. The maximum atomic E-state index is 13.0. The van der Waals surface area contributed by atoms with Gasteiger partial charge in [-0.05, 0) is 31.0 Å². The summed E-state index contributed by atoms with van der Waals surface area (Å²) < 4.78 is 34.6. The first-order chi connectivity index (χ1) is 12.5. The van der Waals surface area contributed by atoms with Gasteiger partial charge in [-0.25, -0.2) is 13.1 Å². The van der Waals surface area contributed by atoms with Gasteiger partial charge in [0.05, 0.1) is 11.5 Å². The third kappa shape index (κ3) is 3.89. The van der Waals surface area contributed by atoms with Crippen LogP contribution in [0.25, 0.3) is 10.8 Å². The number of sulfonamides is 1. The van der Waals surface area contributed by atoms with Crippen molar-refractivity contribution in [2.24, 2.45) is 0 Å². The topological polar surface area (TPSA) is 55.4 Å². The lowest BCUT2D eigenvalue weighted by molar-refractivity contribution is 0.321. The molecule has 0 fully saturated rings. The molecule has 5 heteroatoms. The van der Waals surface area contributed by atoms with E-state index in [1.165, 1.54) is 0 Å². The molecule has 136 valence electrons. The molecule has 3 rings (SSSR count). The predicted molar refractivity (Wildman–Crippen MR) is 105 cm³/mol. The molecule has 1 atom stereocenters. The van der Waals surface area contributed by atoms with Gasteiger partial charge in [0.2, 0.25) is 10.0 Å². The van der Waals surface area contributed by atoms with E-state index >= 15 is 0 Å². The Morgan fingerprint density at radius 1 is 0.923 bits per heavy atom. The number of ether oxygens (including phenoxy) is 1. The molecular formula is C21H23NO3S. The third-order valence-corrected chi connectivity index (χ3v) is 5.83. The van der Waals surface area contributed by atoms with Crippen LogP contribution in [0.3, 0.4) is 0 Å². The zero-order valence-electron chi connectivity index (χ0n) is 15.0. The van der Waals surface area contributed by atoms with Crippen LogP contribution in [0.2, 0.25) is 0 Å². The quantitative estimate of drug-likeness (QED) is 0.658. The summed E-state index contributed by atoms with van der Waals surface area (Å²) in [5.74, 6) is 0.706. The van der Waals surface area contributed by atoms with Crippen LogP contribution >= 0.6 is 0 Å². The Bertz CT molecular complexity index is 985. The van der Waals surface area contributed by atoms with Crippen LogP contribution in [-0.4, -0.2) is 15.0 Å². The zero-order chi connectivity index (χ0) is 18.6. The highest BCUT2D eigenvalue weighted by atomic mass is 32.2. The largest absolute Gasteiger partial charge is 0.493 e. The highest BCUT2D eigenvalue weighted by Crippen LogP contribution is 2.31. The standard InChI is InChI=1S/C21H23NO3S/c1-3-15-25-20-13-14-21(19-12-8-7-11-18(19)20)26(23,24)22-16(2)17-9-5-4-6-10-17/h4-14,16,22H,3,15H2,1-2H3. The maximum absolute atomic E-state index is 13.0. The first kappa shape index (κ1) is 18.4. The molecule has 1 N–H and O–H groups in total. The number of nitrogens with one attached hydrogen (secondary N) is 1. The molecule has 0 saturated carbocycles. The van der Waals surface area contributed by atoms with E-state index in [-0.39, 0.29) is 10.9 Å². The summed E-state index contributed by atoms with van der Waals surface area (Å²) >= 11 is 0. The van der Waals surface area contributed by atoms with Crippen molar-refractivity contribution in [2.75, 3.05) is 6.61 Å². The first-order valence-corrected chi connectivity index (χ1v) is 10.2. The lowest BCUT2D eigenvalue weighted by Crippen LogP contribution is -2.27. The normalized spacial score (nSPS) is 12.8. The van der Waals surface area contributed by atoms with Gasteiger partial charge in [0.15, 0.2) is 0 Å². The van der Waals surface area contributed by atoms with Crippen LogP contribution in [0.5, 0.6) is 5.75 Å². The molecule has 0 spiro atoms. The van der Waals surface area contributed by atoms with Crippen molar-refractivity contribution < 1.29 is 13.2 Å². The van der Waals surface area contributed by atoms with Gasteiger partial charge in [0.1, 0.15) is 5.75 Å². The zero-order valence-corrected chi connectivity index (χ0v) is 15.8. The van der Waals surface area contributed by atoms with E-state index in [0.717, 1.165) is 17.4 Å². The van der Waals surface area contributed by atoms with Crippen molar-refractivity contribution in [3.05, 3.63) is 72.3 Å². The smallest absolute Gasteiger partial charge is 0.241 e. The van der Waals surface area contributed by atoms with Crippen LogP contribution in [-0.2, 0) is 10.0 Å². The monoisotopic (exact) mass is 369 g/mol. The molecule has 1 unspecified atom stereocenters. The minimum absolute atomic E-state index is 0.264. The number of benzene rings is 3. The molecule has 0 heterocycles. The van der Waals surface area contributed by atoms with Crippen molar-refractivity contribution >= 4 is 20.8 Å². The molecular weight excluding hydrogens is 346 g/mol. The van der Waals surface area contributed by atoms with E-state index < -0.39 is 10.0 Å². The van der Waals surface area contributed by atoms with E-state index in [4.69, 9.17) is 4.74 Å². The molecule has 0 saturated heterocycles. The summed E-state index contributed by atoms with van der Waals surface area (Å²) in [5.41, 5.74) is 0.920. The van der Waals surface area contributed by atoms with Gasteiger partial charge in [-0.2, -0.15) is 0 Å². The van der Waals surface area contributed by atoms with Crippen LogP contribution in [0.4, 0.5) is 0 Å². The van der Waals surface area contributed by atoms with Crippen LogP contribution in [0, 0.1) is 0 Å². The number of fused-ring (bicyclic) bond motifs is 1. The molecule has 0 aliphatic carbocycles. The van der Waals surface area contributed by atoms with Gasteiger partial charge in [-0.15, -0.1) is 0 Å². The molecule has 3 aromatic rings. The fraction of sp³-hybridized carbons (Fsp3) is 0.238. The summed E-state index contributed by atoms with van der Waals surface area (Å²) in [6.45, 7) is 4.48. The highest BCUT2D eigenvalue weighted by Gasteiger charge is 2.21. The first-order valence-electron chi connectivity index (χ1n) is 8.74. The SMILES string of the molecule is CCCOc1ccc(S(=O)(=O)NC(C)c2ccccc2)c2ccccc12. The number of hydrogen-bond acceptors (Lipinski definition) is 3. The van der Waals surface area contributed by atoms with Gasteiger partial charge < -0.3 is 4.74 Å². The summed E-state index contributed by atoms with van der Waals surface area (Å²) in [6.07, 6.45) is 0.893.